The fourth-order valence-electron chi connectivity index (χ4n) is 3.32. The highest BCUT2D eigenvalue weighted by Gasteiger charge is 2.29. The zero-order chi connectivity index (χ0) is 16.8. The summed E-state index contributed by atoms with van der Waals surface area (Å²) in [4.78, 5) is 12.3. The second-order valence-electron chi connectivity index (χ2n) is 6.52. The Labute approximate surface area is 141 Å². The van der Waals surface area contributed by atoms with Crippen molar-refractivity contribution in [2.45, 2.75) is 37.8 Å². The predicted molar refractivity (Wildman–Crippen MR) is 88.2 cm³/mol. The normalized spacial score (nSPS) is 25.2. The molecular weight excluding hydrogens is 311 g/mol. The highest BCUT2D eigenvalue weighted by Crippen LogP contribution is 2.27. The highest BCUT2D eigenvalue weighted by molar-refractivity contribution is 5.74. The van der Waals surface area contributed by atoms with Crippen LogP contribution in [-0.2, 0) is 9.47 Å². The van der Waals surface area contributed by atoms with E-state index in [0.717, 1.165) is 37.9 Å². The van der Waals surface area contributed by atoms with Gasteiger partial charge in [-0.3, -0.25) is 0 Å². The van der Waals surface area contributed by atoms with E-state index in [-0.39, 0.29) is 24.0 Å². The van der Waals surface area contributed by atoms with Crippen LogP contribution in [0.3, 0.4) is 0 Å². The number of urea groups is 1. The van der Waals surface area contributed by atoms with Crippen molar-refractivity contribution in [2.24, 2.45) is 5.92 Å². The molecule has 2 aliphatic heterocycles. The van der Waals surface area contributed by atoms with Crippen LogP contribution < -0.4 is 10.6 Å². The van der Waals surface area contributed by atoms with Gasteiger partial charge in [-0.1, -0.05) is 12.1 Å². The van der Waals surface area contributed by atoms with E-state index in [2.05, 4.69) is 10.6 Å². The van der Waals surface area contributed by atoms with Crippen LogP contribution in [0.4, 0.5) is 9.18 Å². The molecule has 24 heavy (non-hydrogen) atoms. The Kier molecular flexibility index (Phi) is 6.04. The number of hydrogen-bond donors (Lipinski definition) is 2. The van der Waals surface area contributed by atoms with Crippen molar-refractivity contribution in [1.29, 1.82) is 0 Å². The van der Waals surface area contributed by atoms with Gasteiger partial charge in [0.2, 0.25) is 0 Å². The van der Waals surface area contributed by atoms with Crippen molar-refractivity contribution in [3.8, 4) is 0 Å². The van der Waals surface area contributed by atoms with Crippen LogP contribution in [0.2, 0.25) is 0 Å². The third-order valence-electron chi connectivity index (χ3n) is 4.66. The second-order valence-corrected chi connectivity index (χ2v) is 6.52. The Balaban J connectivity index is 1.58. The molecule has 0 aromatic heterocycles. The molecule has 5 nitrogen and oxygen atoms in total. The standard InChI is InChI=1S/C18H25FN2O3/c19-15-7-5-14(6-8-15)17(16-4-2-10-24-16)21-18(22)20-11-13-3-1-9-23-12-13/h5-8,13,16-17H,1-4,9-12H2,(H2,20,21,22)/t13-,16-,17+/m0/s1. The molecule has 1 aromatic rings. The summed E-state index contributed by atoms with van der Waals surface area (Å²) in [5, 5.41) is 5.92. The smallest absolute Gasteiger partial charge is 0.315 e. The Bertz CT molecular complexity index is 526. The first-order chi connectivity index (χ1) is 11.7. The largest absolute Gasteiger partial charge is 0.381 e. The zero-order valence-electron chi connectivity index (χ0n) is 13.8. The third-order valence-corrected chi connectivity index (χ3v) is 4.66. The fourth-order valence-corrected chi connectivity index (χ4v) is 3.32. The highest BCUT2D eigenvalue weighted by atomic mass is 19.1. The molecule has 2 aliphatic rings. The van der Waals surface area contributed by atoms with Gasteiger partial charge in [0, 0.05) is 19.8 Å². The molecule has 1 aromatic carbocycles. The first-order valence-corrected chi connectivity index (χ1v) is 8.71. The van der Waals surface area contributed by atoms with Gasteiger partial charge in [0.05, 0.1) is 18.8 Å². The van der Waals surface area contributed by atoms with E-state index in [1.54, 1.807) is 12.1 Å². The van der Waals surface area contributed by atoms with Crippen molar-refractivity contribution in [3.63, 3.8) is 0 Å². The molecule has 2 N–H and O–H groups in total. The molecule has 0 aliphatic carbocycles. The maximum absolute atomic E-state index is 13.2. The molecule has 6 heteroatoms. The monoisotopic (exact) mass is 336 g/mol. The number of nitrogens with one attached hydrogen (secondary N) is 2. The van der Waals surface area contributed by atoms with Gasteiger partial charge in [-0.2, -0.15) is 0 Å². The molecule has 0 radical (unpaired) electrons. The van der Waals surface area contributed by atoms with Crippen molar-refractivity contribution in [1.82, 2.24) is 10.6 Å². The van der Waals surface area contributed by atoms with Crippen molar-refractivity contribution < 1.29 is 18.7 Å². The first-order valence-electron chi connectivity index (χ1n) is 8.71. The molecule has 132 valence electrons. The van der Waals surface area contributed by atoms with Crippen molar-refractivity contribution >= 4 is 6.03 Å². The van der Waals surface area contributed by atoms with Crippen LogP contribution in [0.15, 0.2) is 24.3 Å². The minimum Gasteiger partial charge on any atom is -0.381 e. The lowest BCUT2D eigenvalue weighted by atomic mass is 9.99. The maximum Gasteiger partial charge on any atom is 0.315 e. The summed E-state index contributed by atoms with van der Waals surface area (Å²) < 4.78 is 24.3. The van der Waals surface area contributed by atoms with E-state index < -0.39 is 0 Å². The average molecular weight is 336 g/mol. The average Bonchev–Trinajstić information content (AvgIpc) is 3.14. The van der Waals surface area contributed by atoms with E-state index >= 15 is 0 Å². The molecule has 2 fully saturated rings. The minimum absolute atomic E-state index is 0.0702. The van der Waals surface area contributed by atoms with Gasteiger partial charge >= 0.3 is 6.03 Å². The summed E-state index contributed by atoms with van der Waals surface area (Å²) >= 11 is 0. The third kappa shape index (κ3) is 4.68. The molecule has 0 saturated carbocycles. The van der Waals surface area contributed by atoms with Gasteiger partial charge in [0.15, 0.2) is 0 Å². The number of rotatable bonds is 5. The number of halogens is 1. The number of benzene rings is 1. The Morgan fingerprint density at radius 1 is 1.21 bits per heavy atom. The summed E-state index contributed by atoms with van der Waals surface area (Å²) in [5.74, 6) is 0.0862. The SMILES string of the molecule is O=C(NC[C@@H]1CCCOC1)N[C@H](c1ccc(F)cc1)[C@@H]1CCCO1. The second kappa shape index (κ2) is 8.44. The van der Waals surface area contributed by atoms with E-state index in [1.165, 1.54) is 12.1 Å². The summed E-state index contributed by atoms with van der Waals surface area (Å²) in [7, 11) is 0. The van der Waals surface area contributed by atoms with Gasteiger partial charge in [0.1, 0.15) is 5.82 Å². The molecule has 2 heterocycles. The zero-order valence-corrected chi connectivity index (χ0v) is 13.8. The van der Waals surface area contributed by atoms with Crippen molar-refractivity contribution in [3.05, 3.63) is 35.6 Å². The van der Waals surface area contributed by atoms with Crippen LogP contribution in [-0.4, -0.2) is 38.5 Å². The summed E-state index contributed by atoms with van der Waals surface area (Å²) in [6, 6.07) is 5.75. The maximum atomic E-state index is 13.2. The summed E-state index contributed by atoms with van der Waals surface area (Å²) in [5.41, 5.74) is 0.861. The molecule has 2 amide bonds. The lowest BCUT2D eigenvalue weighted by molar-refractivity contribution is 0.0552. The quantitative estimate of drug-likeness (QED) is 0.869. The lowest BCUT2D eigenvalue weighted by Gasteiger charge is -2.26. The van der Waals surface area contributed by atoms with Crippen LogP contribution >= 0.6 is 0 Å². The lowest BCUT2D eigenvalue weighted by Crippen LogP contribution is -2.44. The fraction of sp³-hybridized carbons (Fsp3) is 0.611. The molecule has 0 bridgehead atoms. The molecule has 0 spiro atoms. The molecule has 0 unspecified atom stereocenters. The van der Waals surface area contributed by atoms with Gasteiger partial charge in [-0.15, -0.1) is 0 Å². The van der Waals surface area contributed by atoms with Gasteiger partial charge in [-0.25, -0.2) is 9.18 Å². The number of ether oxygens (including phenoxy) is 2. The van der Waals surface area contributed by atoms with Crippen molar-refractivity contribution in [2.75, 3.05) is 26.4 Å². The minimum atomic E-state index is -0.286. The van der Waals surface area contributed by atoms with E-state index in [1.807, 2.05) is 0 Å². The Morgan fingerprint density at radius 2 is 2.00 bits per heavy atom. The van der Waals surface area contributed by atoms with Crippen LogP contribution in [0, 0.1) is 11.7 Å². The number of carbonyl (C=O) groups excluding carboxylic acids is 1. The molecule has 3 rings (SSSR count). The Hall–Kier alpha value is -1.66. The number of amides is 2. The summed E-state index contributed by atoms with van der Waals surface area (Å²) in [6.45, 7) is 2.82. The van der Waals surface area contributed by atoms with E-state index in [0.29, 0.717) is 25.7 Å². The topological polar surface area (TPSA) is 59.6 Å². The van der Waals surface area contributed by atoms with E-state index in [4.69, 9.17) is 9.47 Å². The van der Waals surface area contributed by atoms with Gasteiger partial charge < -0.3 is 20.1 Å². The Morgan fingerprint density at radius 3 is 2.67 bits per heavy atom. The van der Waals surface area contributed by atoms with Crippen LogP contribution in [0.5, 0.6) is 0 Å². The van der Waals surface area contributed by atoms with Crippen LogP contribution in [0.1, 0.15) is 37.3 Å². The first kappa shape index (κ1) is 17.2. The van der Waals surface area contributed by atoms with Gasteiger partial charge in [-0.05, 0) is 49.3 Å². The van der Waals surface area contributed by atoms with E-state index in [9.17, 15) is 9.18 Å². The van der Waals surface area contributed by atoms with Gasteiger partial charge in [0.25, 0.3) is 0 Å². The summed E-state index contributed by atoms with van der Waals surface area (Å²) in [6.07, 6.45) is 3.92. The molecule has 3 atom stereocenters. The molecule has 2 saturated heterocycles. The predicted octanol–water partition coefficient (Wildman–Crippen LogP) is 2.77. The molecular formula is C18H25FN2O3. The number of hydrogen-bond acceptors (Lipinski definition) is 3. The van der Waals surface area contributed by atoms with Crippen LogP contribution in [0.25, 0.3) is 0 Å². The number of carbonyl (C=O) groups is 1.